The zero-order valence-corrected chi connectivity index (χ0v) is 15.7. The van der Waals surface area contributed by atoms with E-state index < -0.39 is 41.9 Å². The number of nitriles is 1. The van der Waals surface area contributed by atoms with Crippen molar-refractivity contribution >= 4 is 17.3 Å². The summed E-state index contributed by atoms with van der Waals surface area (Å²) in [7, 11) is 0. The molecular weight excluding hydrogens is 366 g/mol. The summed E-state index contributed by atoms with van der Waals surface area (Å²) in [5.74, 6) is -0.609. The Bertz CT molecular complexity index is 1010. The van der Waals surface area contributed by atoms with Gasteiger partial charge in [-0.2, -0.15) is 10.4 Å². The summed E-state index contributed by atoms with van der Waals surface area (Å²) in [5.41, 5.74) is 3.59. The molecule has 0 spiro atoms. The first kappa shape index (κ1) is 17.4. The number of nitrogens with two attached hydrogens (primary N) is 1. The number of aliphatic hydroxyl groups excluding tert-OH is 1. The lowest BCUT2D eigenvalue weighted by molar-refractivity contribution is -0.162. The summed E-state index contributed by atoms with van der Waals surface area (Å²) in [4.78, 5) is 16.4. The van der Waals surface area contributed by atoms with E-state index in [1.807, 2.05) is 26.8 Å². The number of rotatable bonds is 4. The normalized spacial score (nSPS) is 29.2. The fourth-order valence-electron chi connectivity index (χ4n) is 3.20. The topological polar surface area (TPSA) is 156 Å². The molecular formula is C18H23N5O5. The molecule has 10 nitrogen and oxygen atoms in total. The van der Waals surface area contributed by atoms with Gasteiger partial charge in [-0.05, 0) is 17.5 Å². The Morgan fingerprint density at radius 1 is 1.57 bits per heavy atom. The molecule has 0 radical (unpaired) electrons. The Labute approximate surface area is 164 Å². The number of ether oxygens (including phenoxy) is 2. The van der Waals surface area contributed by atoms with Gasteiger partial charge in [0.1, 0.15) is 30.1 Å². The van der Waals surface area contributed by atoms with Crippen molar-refractivity contribution in [2.45, 2.75) is 51.1 Å². The molecule has 1 aliphatic heterocycles. The van der Waals surface area contributed by atoms with Crippen LogP contribution in [0.3, 0.4) is 0 Å². The number of fused-ring (bicyclic) bond motifs is 1. The van der Waals surface area contributed by atoms with Crippen LogP contribution in [0.25, 0.3) is 5.52 Å². The Morgan fingerprint density at radius 3 is 2.89 bits per heavy atom. The van der Waals surface area contributed by atoms with Crippen molar-refractivity contribution < 1.29 is 27.2 Å². The number of hydrogen-bond acceptors (Lipinski definition) is 9. The molecule has 2 aromatic rings. The molecule has 28 heavy (non-hydrogen) atoms. The molecule has 2 aromatic heterocycles. The van der Waals surface area contributed by atoms with Crippen molar-refractivity contribution in [1.82, 2.24) is 14.6 Å². The van der Waals surface area contributed by atoms with Crippen LogP contribution in [-0.4, -0.2) is 55.7 Å². The fraction of sp³-hybridized carbons (Fsp3) is 0.556. The molecule has 1 fully saturated rings. The predicted molar refractivity (Wildman–Crippen MR) is 96.6 cm³/mol. The zero-order chi connectivity index (χ0) is 22.5. The number of aromatic nitrogens is 3. The van der Waals surface area contributed by atoms with Gasteiger partial charge in [0.2, 0.25) is 5.60 Å². The molecule has 1 aliphatic rings. The number of nitrogen functional groups attached to an aromatic ring is 1. The molecule has 0 aromatic carbocycles. The van der Waals surface area contributed by atoms with Gasteiger partial charge in [-0.3, -0.25) is 4.79 Å². The third kappa shape index (κ3) is 3.28. The number of aliphatic hydroxyl groups is 2. The van der Waals surface area contributed by atoms with Crippen LogP contribution in [0.2, 0.25) is 0 Å². The highest BCUT2D eigenvalue weighted by molar-refractivity contribution is 5.71. The van der Waals surface area contributed by atoms with E-state index in [9.17, 15) is 20.3 Å². The molecule has 3 rings (SSSR count). The van der Waals surface area contributed by atoms with Gasteiger partial charge >= 0.3 is 5.97 Å². The molecule has 0 amide bonds. The number of anilines is 1. The first-order valence-electron chi connectivity index (χ1n) is 9.58. The predicted octanol–water partition coefficient (Wildman–Crippen LogP) is 0.130. The number of hydrogen-bond donors (Lipinski definition) is 3. The smallest absolute Gasteiger partial charge is 0.306 e. The minimum absolute atomic E-state index is 0.0293. The van der Waals surface area contributed by atoms with Crippen LogP contribution in [0.15, 0.2) is 18.5 Å². The second-order valence-electron chi connectivity index (χ2n) is 7.81. The molecule has 4 atom stereocenters. The third-order valence-electron chi connectivity index (χ3n) is 4.42. The number of carbonyl (C=O) groups excluding carboxylic acids is 1. The van der Waals surface area contributed by atoms with Gasteiger partial charge in [-0.15, -0.1) is 0 Å². The lowest BCUT2D eigenvalue weighted by Crippen LogP contribution is -2.44. The Kier molecular flexibility index (Phi) is 4.35. The lowest BCUT2D eigenvalue weighted by Gasteiger charge is -2.28. The van der Waals surface area contributed by atoms with Gasteiger partial charge < -0.3 is 25.4 Å². The lowest BCUT2D eigenvalue weighted by atomic mass is 9.90. The van der Waals surface area contributed by atoms with Crippen molar-refractivity contribution in [2.24, 2.45) is 5.41 Å². The summed E-state index contributed by atoms with van der Waals surface area (Å²) < 4.78 is 27.4. The molecule has 0 unspecified atom stereocenters. The van der Waals surface area contributed by atoms with Gasteiger partial charge in [-0.1, -0.05) is 20.8 Å². The molecule has 10 heteroatoms. The monoisotopic (exact) mass is 391 g/mol. The maximum absolute atomic E-state index is 12.5. The summed E-state index contributed by atoms with van der Waals surface area (Å²) >= 11 is 0. The number of carbonyl (C=O) groups is 1. The van der Waals surface area contributed by atoms with E-state index in [4.69, 9.17) is 17.9 Å². The van der Waals surface area contributed by atoms with E-state index in [1.54, 1.807) is 0 Å². The highest BCUT2D eigenvalue weighted by Crippen LogP contribution is 2.42. The van der Waals surface area contributed by atoms with Gasteiger partial charge in [-0.25, -0.2) is 9.50 Å². The molecule has 1 saturated heterocycles. The van der Waals surface area contributed by atoms with Crippen LogP contribution < -0.4 is 5.73 Å². The molecule has 0 aliphatic carbocycles. The second kappa shape index (κ2) is 7.01. The summed E-state index contributed by atoms with van der Waals surface area (Å²) in [5, 5.41) is 34.7. The first-order chi connectivity index (χ1) is 13.8. The maximum Gasteiger partial charge on any atom is 0.306 e. The van der Waals surface area contributed by atoms with Gasteiger partial charge in [0.05, 0.1) is 21.4 Å². The zero-order valence-electron chi connectivity index (χ0n) is 17.7. The number of esters is 1. The van der Waals surface area contributed by atoms with Gasteiger partial charge in [0.25, 0.3) is 0 Å². The fourth-order valence-corrected chi connectivity index (χ4v) is 3.20. The van der Waals surface area contributed by atoms with E-state index in [0.717, 1.165) is 6.33 Å². The largest absolute Gasteiger partial charge is 0.455 e. The first-order valence-corrected chi connectivity index (χ1v) is 8.58. The molecule has 4 N–H and O–H groups in total. The summed E-state index contributed by atoms with van der Waals surface area (Å²) in [6.45, 7) is 2.40. The van der Waals surface area contributed by atoms with Gasteiger partial charge in [0, 0.05) is 0 Å². The van der Waals surface area contributed by atoms with Crippen LogP contribution in [0.1, 0.15) is 35.6 Å². The Hall–Kier alpha value is -2.74. The summed E-state index contributed by atoms with van der Waals surface area (Å²) in [6, 6.07) is 4.82. The van der Waals surface area contributed by atoms with Crippen LogP contribution >= 0.6 is 0 Å². The molecule has 150 valence electrons. The maximum atomic E-state index is 12.5. The quantitative estimate of drug-likeness (QED) is 0.616. The molecule has 0 saturated carbocycles. The highest BCUT2D eigenvalue weighted by Gasteiger charge is 2.60. The summed E-state index contributed by atoms with van der Waals surface area (Å²) in [6.07, 6.45) is -4.23. The van der Waals surface area contributed by atoms with E-state index in [-0.39, 0.29) is 17.9 Å². The molecule has 0 bridgehead atoms. The van der Waals surface area contributed by atoms with E-state index in [2.05, 4.69) is 10.1 Å². The van der Waals surface area contributed by atoms with Crippen molar-refractivity contribution in [3.63, 3.8) is 0 Å². The van der Waals surface area contributed by atoms with Crippen molar-refractivity contribution in [2.75, 3.05) is 12.3 Å². The highest BCUT2D eigenvalue weighted by atomic mass is 16.6. The van der Waals surface area contributed by atoms with Crippen LogP contribution in [0.5, 0.6) is 0 Å². The standard InChI is InChI=1S/C18H23N5O5/c1-17(2,3)6-13(25)27-15-14(26)11(7-24)28-18(15,8-19)12-5-4-10-16(20)21-9-22-23(10)12/h4-5,9,11,14-15,24,26H,6-7H2,1-3H3,(H2,20,21,22)/t11-,14-,15-,18+/m1/s1/i7D2. The second-order valence-corrected chi connectivity index (χ2v) is 7.81. The van der Waals surface area contributed by atoms with Gasteiger partial charge in [0.15, 0.2) is 11.9 Å². The van der Waals surface area contributed by atoms with Crippen LogP contribution in [0.4, 0.5) is 5.82 Å². The average Bonchev–Trinajstić information content (AvgIpc) is 3.15. The minimum Gasteiger partial charge on any atom is -0.455 e. The SMILES string of the molecule is [2H]C([2H])(O)[C@H]1O[C@@](C#N)(c2ccc3c(N)ncnn23)[C@H](OC(=O)CC(C)(C)C)[C@@H]1O. The Morgan fingerprint density at radius 2 is 2.29 bits per heavy atom. The minimum atomic E-state index is -3.02. The Balaban J connectivity index is 2.13. The van der Waals surface area contributed by atoms with E-state index in [1.165, 1.54) is 16.6 Å². The average molecular weight is 391 g/mol. The van der Waals surface area contributed by atoms with E-state index in [0.29, 0.717) is 5.52 Å². The van der Waals surface area contributed by atoms with Crippen molar-refractivity contribution in [3.05, 3.63) is 24.2 Å². The van der Waals surface area contributed by atoms with Crippen LogP contribution in [0, 0.1) is 16.7 Å². The molecule has 3 heterocycles. The third-order valence-corrected chi connectivity index (χ3v) is 4.42. The van der Waals surface area contributed by atoms with Crippen molar-refractivity contribution in [3.8, 4) is 6.07 Å². The van der Waals surface area contributed by atoms with Crippen molar-refractivity contribution in [1.29, 1.82) is 5.26 Å². The van der Waals surface area contributed by atoms with Crippen LogP contribution in [-0.2, 0) is 19.9 Å². The van der Waals surface area contributed by atoms with E-state index >= 15 is 0 Å². The number of nitrogens with zero attached hydrogens (tertiary/aromatic N) is 4.